The van der Waals surface area contributed by atoms with Gasteiger partial charge in [0, 0.05) is 5.56 Å². The zero-order valence-corrected chi connectivity index (χ0v) is 16.0. The summed E-state index contributed by atoms with van der Waals surface area (Å²) in [5, 5.41) is 1.65. The number of nitrogens with zero attached hydrogens (tertiary/aromatic N) is 1. The Morgan fingerprint density at radius 2 is 1.41 bits per heavy atom. The summed E-state index contributed by atoms with van der Waals surface area (Å²) in [4.78, 5) is 12.1. The third-order valence-electron chi connectivity index (χ3n) is 4.17. The summed E-state index contributed by atoms with van der Waals surface area (Å²) in [5.41, 5.74) is 4.64. The fourth-order valence-corrected chi connectivity index (χ4v) is 3.38. The van der Waals surface area contributed by atoms with Gasteiger partial charge >= 0.3 is 5.76 Å². The first-order valence-corrected chi connectivity index (χ1v) is 10.2. The second-order valence-electron chi connectivity index (χ2n) is 6.18. The van der Waals surface area contributed by atoms with E-state index in [2.05, 4.69) is 5.43 Å². The highest BCUT2D eigenvalue weighted by atomic mass is 32.2. The van der Waals surface area contributed by atoms with Crippen LogP contribution in [0, 0.1) is 0 Å². The van der Waals surface area contributed by atoms with Crippen LogP contribution in [0.25, 0.3) is 0 Å². The Kier molecular flexibility index (Phi) is 6.23. The zero-order valence-electron chi connectivity index (χ0n) is 15.2. The molecule has 0 saturated carbocycles. The van der Waals surface area contributed by atoms with E-state index >= 15 is 0 Å². The number of carbonyl (C=O) groups excluding carboxylic acids is 1. The summed E-state index contributed by atoms with van der Waals surface area (Å²) in [6.07, 6.45) is 0. The number of anilines is 1. The van der Waals surface area contributed by atoms with Crippen LogP contribution in [-0.2, 0) is 16.4 Å². The Balaban J connectivity index is 1.81. The number of benzene rings is 3. The maximum atomic E-state index is 12.7. The third kappa shape index (κ3) is 4.97. The van der Waals surface area contributed by atoms with Crippen LogP contribution in [-0.4, -0.2) is 20.1 Å². The number of sulfone groups is 1. The van der Waals surface area contributed by atoms with Crippen LogP contribution in [0.5, 0.6) is 0 Å². The van der Waals surface area contributed by atoms with Crippen LogP contribution < -0.4 is 10.4 Å². The molecule has 0 radical (unpaired) electrons. The predicted molar refractivity (Wildman–Crippen MR) is 106 cm³/mol. The van der Waals surface area contributed by atoms with Crippen molar-refractivity contribution in [1.82, 2.24) is 5.43 Å². The first-order valence-electron chi connectivity index (χ1n) is 8.67. The zero-order chi connectivity index (χ0) is 20.9. The molecule has 0 aliphatic rings. The molecule has 0 heterocycles. The SMILES string of the molecule is O=C(NN(Cc1ccccc1)c1ccccc1)c1ccc(S(=O)(=O)C(F)F)cc1. The Hall–Kier alpha value is -3.26. The van der Waals surface area contributed by atoms with Crippen molar-refractivity contribution in [2.75, 3.05) is 5.01 Å². The van der Waals surface area contributed by atoms with Crippen molar-refractivity contribution in [2.45, 2.75) is 17.2 Å². The predicted octanol–water partition coefficient (Wildman–Crippen LogP) is 4.03. The van der Waals surface area contributed by atoms with Crippen LogP contribution in [0.3, 0.4) is 0 Å². The average Bonchev–Trinajstić information content (AvgIpc) is 2.74. The number of carbonyl (C=O) groups is 1. The Morgan fingerprint density at radius 1 is 0.862 bits per heavy atom. The standard InChI is InChI=1S/C21H18F2N2O3S/c22-21(23)29(27,28)19-13-11-17(12-14-19)20(26)24-25(18-9-5-2-6-10-18)15-16-7-3-1-4-8-16/h1-14,21H,15H2,(H,24,26). The second kappa shape index (κ2) is 8.83. The molecular weight excluding hydrogens is 398 g/mol. The van der Waals surface area contributed by atoms with Crippen LogP contribution in [0.1, 0.15) is 15.9 Å². The summed E-state index contributed by atoms with van der Waals surface area (Å²) in [6, 6.07) is 23.1. The number of halogens is 2. The summed E-state index contributed by atoms with van der Waals surface area (Å²) in [5.74, 6) is -4.01. The van der Waals surface area contributed by atoms with E-state index in [9.17, 15) is 22.0 Å². The van der Waals surface area contributed by atoms with Gasteiger partial charge in [-0.25, -0.2) is 8.42 Å². The molecule has 0 bridgehead atoms. The number of hydrogen-bond acceptors (Lipinski definition) is 4. The number of rotatable bonds is 7. The molecule has 3 rings (SSSR count). The van der Waals surface area contributed by atoms with Crippen molar-refractivity contribution in [3.8, 4) is 0 Å². The summed E-state index contributed by atoms with van der Waals surface area (Å²) in [7, 11) is -4.70. The van der Waals surface area contributed by atoms with Gasteiger partial charge in [0.25, 0.3) is 5.91 Å². The maximum absolute atomic E-state index is 12.7. The van der Waals surface area contributed by atoms with Gasteiger partial charge in [0.1, 0.15) is 0 Å². The highest BCUT2D eigenvalue weighted by molar-refractivity contribution is 7.91. The Morgan fingerprint density at radius 3 is 1.97 bits per heavy atom. The van der Waals surface area contributed by atoms with E-state index in [1.165, 1.54) is 12.1 Å². The van der Waals surface area contributed by atoms with Crippen molar-refractivity contribution in [1.29, 1.82) is 0 Å². The van der Waals surface area contributed by atoms with Crippen molar-refractivity contribution < 1.29 is 22.0 Å². The topological polar surface area (TPSA) is 66.5 Å². The van der Waals surface area contributed by atoms with Crippen LogP contribution in [0.2, 0.25) is 0 Å². The molecule has 3 aromatic carbocycles. The van der Waals surface area contributed by atoms with Crippen molar-refractivity contribution in [2.24, 2.45) is 0 Å². The van der Waals surface area contributed by atoms with Crippen molar-refractivity contribution in [3.63, 3.8) is 0 Å². The largest absolute Gasteiger partial charge is 0.341 e. The minimum atomic E-state index is -4.70. The molecule has 5 nitrogen and oxygen atoms in total. The fourth-order valence-electron chi connectivity index (χ4n) is 2.66. The third-order valence-corrected chi connectivity index (χ3v) is 5.57. The minimum absolute atomic E-state index is 0.146. The van der Waals surface area contributed by atoms with Gasteiger partial charge in [-0.3, -0.25) is 15.2 Å². The van der Waals surface area contributed by atoms with Gasteiger partial charge < -0.3 is 0 Å². The van der Waals surface area contributed by atoms with Crippen LogP contribution in [0.15, 0.2) is 89.8 Å². The van der Waals surface area contributed by atoms with Crippen molar-refractivity contribution >= 4 is 21.4 Å². The number of para-hydroxylation sites is 1. The van der Waals surface area contributed by atoms with E-state index < -0.39 is 26.4 Å². The quantitative estimate of drug-likeness (QED) is 0.591. The molecule has 150 valence electrons. The summed E-state index contributed by atoms with van der Waals surface area (Å²) < 4.78 is 48.3. The molecule has 0 unspecified atom stereocenters. The van der Waals surface area contributed by atoms with Gasteiger partial charge in [0.05, 0.1) is 17.1 Å². The van der Waals surface area contributed by atoms with Crippen LogP contribution >= 0.6 is 0 Å². The van der Waals surface area contributed by atoms with Crippen molar-refractivity contribution in [3.05, 3.63) is 96.1 Å². The summed E-state index contributed by atoms with van der Waals surface area (Å²) in [6.45, 7) is 0.397. The molecule has 8 heteroatoms. The lowest BCUT2D eigenvalue weighted by Crippen LogP contribution is -2.42. The fraction of sp³-hybridized carbons (Fsp3) is 0.0952. The molecule has 0 aliphatic carbocycles. The first-order chi connectivity index (χ1) is 13.9. The summed E-state index contributed by atoms with van der Waals surface area (Å²) >= 11 is 0. The van der Waals surface area contributed by atoms with E-state index in [0.717, 1.165) is 23.4 Å². The Labute approximate surface area is 167 Å². The molecule has 0 atom stereocenters. The number of hydrazine groups is 1. The van der Waals surface area contributed by atoms with E-state index in [-0.39, 0.29) is 5.56 Å². The van der Waals surface area contributed by atoms with Gasteiger partial charge in [-0.1, -0.05) is 48.5 Å². The molecule has 1 N–H and O–H groups in total. The smallest absolute Gasteiger partial charge is 0.281 e. The highest BCUT2D eigenvalue weighted by Crippen LogP contribution is 2.19. The van der Waals surface area contributed by atoms with Gasteiger partial charge in [-0.2, -0.15) is 8.78 Å². The number of hydrogen-bond donors (Lipinski definition) is 1. The molecule has 29 heavy (non-hydrogen) atoms. The highest BCUT2D eigenvalue weighted by Gasteiger charge is 2.26. The minimum Gasteiger partial charge on any atom is -0.281 e. The lowest BCUT2D eigenvalue weighted by Gasteiger charge is -2.25. The Bertz CT molecular complexity index is 1060. The van der Waals surface area contributed by atoms with E-state index in [1.807, 2.05) is 60.7 Å². The monoisotopic (exact) mass is 416 g/mol. The lowest BCUT2D eigenvalue weighted by atomic mass is 10.2. The lowest BCUT2D eigenvalue weighted by molar-refractivity contribution is 0.0948. The normalized spacial score (nSPS) is 11.3. The van der Waals surface area contributed by atoms with Crippen LogP contribution in [0.4, 0.5) is 14.5 Å². The van der Waals surface area contributed by atoms with E-state index in [1.54, 1.807) is 5.01 Å². The molecule has 0 saturated heterocycles. The van der Waals surface area contributed by atoms with Gasteiger partial charge in [-0.15, -0.1) is 0 Å². The van der Waals surface area contributed by atoms with Gasteiger partial charge in [0.2, 0.25) is 9.84 Å². The molecular formula is C21H18F2N2O3S. The van der Waals surface area contributed by atoms with Gasteiger partial charge in [-0.05, 0) is 42.0 Å². The number of alkyl halides is 2. The average molecular weight is 416 g/mol. The maximum Gasteiger partial charge on any atom is 0.341 e. The molecule has 0 fully saturated rings. The van der Waals surface area contributed by atoms with E-state index in [0.29, 0.717) is 6.54 Å². The molecule has 0 spiro atoms. The second-order valence-corrected chi connectivity index (χ2v) is 8.10. The number of nitrogens with one attached hydrogen (secondary N) is 1. The molecule has 3 aromatic rings. The molecule has 0 aliphatic heterocycles. The number of amides is 1. The first kappa shape index (κ1) is 20.5. The van der Waals surface area contributed by atoms with E-state index in [4.69, 9.17) is 0 Å². The molecule has 0 aromatic heterocycles. The van der Waals surface area contributed by atoms with Gasteiger partial charge in [0.15, 0.2) is 0 Å². The molecule has 1 amide bonds.